The van der Waals surface area contributed by atoms with Crippen molar-refractivity contribution in [3.63, 3.8) is 0 Å². The van der Waals surface area contributed by atoms with Gasteiger partial charge in [-0.1, -0.05) is 13.8 Å². The third kappa shape index (κ3) is 5.19. The number of amides is 2. The lowest BCUT2D eigenvalue weighted by Crippen LogP contribution is -2.36. The Bertz CT molecular complexity index is 291. The van der Waals surface area contributed by atoms with Crippen LogP contribution in [0.3, 0.4) is 0 Å². The predicted molar refractivity (Wildman–Crippen MR) is 73.7 cm³/mol. The summed E-state index contributed by atoms with van der Waals surface area (Å²) in [7, 11) is 0. The molecule has 1 aliphatic rings. The molecule has 0 aromatic carbocycles. The van der Waals surface area contributed by atoms with Gasteiger partial charge in [-0.3, -0.25) is 9.59 Å². The standard InChI is InChI=1S/C14H26N2O3/c1-4-7-15(5-2)13(17)10-19-11-14(18)16-8-6-12(3)9-16/h12H,4-11H2,1-3H3/t12-/m0/s1. The quantitative estimate of drug-likeness (QED) is 0.697. The summed E-state index contributed by atoms with van der Waals surface area (Å²) in [5.41, 5.74) is 0. The van der Waals surface area contributed by atoms with Gasteiger partial charge in [-0.2, -0.15) is 0 Å². The zero-order valence-corrected chi connectivity index (χ0v) is 12.4. The maximum Gasteiger partial charge on any atom is 0.248 e. The highest BCUT2D eigenvalue weighted by atomic mass is 16.5. The van der Waals surface area contributed by atoms with Crippen LogP contribution in [0.25, 0.3) is 0 Å². The van der Waals surface area contributed by atoms with Gasteiger partial charge in [-0.05, 0) is 25.7 Å². The normalized spacial score (nSPS) is 18.7. The van der Waals surface area contributed by atoms with E-state index >= 15 is 0 Å². The van der Waals surface area contributed by atoms with E-state index in [2.05, 4.69) is 6.92 Å². The molecule has 0 radical (unpaired) electrons. The average Bonchev–Trinajstić information content (AvgIpc) is 2.82. The fourth-order valence-corrected chi connectivity index (χ4v) is 2.30. The maximum atomic E-state index is 11.8. The van der Waals surface area contributed by atoms with E-state index in [0.717, 1.165) is 32.5 Å². The van der Waals surface area contributed by atoms with Gasteiger partial charge < -0.3 is 14.5 Å². The van der Waals surface area contributed by atoms with Gasteiger partial charge in [0.25, 0.3) is 0 Å². The lowest BCUT2D eigenvalue weighted by atomic mass is 10.2. The smallest absolute Gasteiger partial charge is 0.248 e. The van der Waals surface area contributed by atoms with E-state index < -0.39 is 0 Å². The number of carbonyl (C=O) groups excluding carboxylic acids is 2. The topological polar surface area (TPSA) is 49.9 Å². The number of hydrogen-bond acceptors (Lipinski definition) is 3. The Balaban J connectivity index is 2.22. The predicted octanol–water partition coefficient (Wildman–Crippen LogP) is 1.13. The van der Waals surface area contributed by atoms with Crippen LogP contribution in [0.1, 0.15) is 33.6 Å². The van der Waals surface area contributed by atoms with E-state index in [9.17, 15) is 9.59 Å². The fraction of sp³-hybridized carbons (Fsp3) is 0.857. The molecule has 0 spiro atoms. The van der Waals surface area contributed by atoms with E-state index in [1.807, 2.05) is 18.7 Å². The van der Waals surface area contributed by atoms with Crippen LogP contribution in [0.5, 0.6) is 0 Å². The highest BCUT2D eigenvalue weighted by molar-refractivity contribution is 5.79. The summed E-state index contributed by atoms with van der Waals surface area (Å²) in [4.78, 5) is 27.2. The zero-order valence-electron chi connectivity index (χ0n) is 12.4. The first kappa shape index (κ1) is 16.0. The third-order valence-electron chi connectivity index (χ3n) is 3.46. The van der Waals surface area contributed by atoms with Gasteiger partial charge in [-0.25, -0.2) is 0 Å². The second-order valence-electron chi connectivity index (χ2n) is 5.20. The monoisotopic (exact) mass is 270 g/mol. The Morgan fingerprint density at radius 2 is 2.05 bits per heavy atom. The molecule has 1 rings (SSSR count). The first-order valence-electron chi connectivity index (χ1n) is 7.21. The van der Waals surface area contributed by atoms with Crippen LogP contribution in [0.4, 0.5) is 0 Å². The van der Waals surface area contributed by atoms with Crippen molar-refractivity contribution < 1.29 is 14.3 Å². The lowest BCUT2D eigenvalue weighted by Gasteiger charge is -2.20. The van der Waals surface area contributed by atoms with Crippen molar-refractivity contribution in [1.82, 2.24) is 9.80 Å². The van der Waals surface area contributed by atoms with Gasteiger partial charge in [0.2, 0.25) is 11.8 Å². The molecule has 5 nitrogen and oxygen atoms in total. The minimum Gasteiger partial charge on any atom is -0.362 e. The number of rotatable bonds is 7. The van der Waals surface area contributed by atoms with E-state index in [-0.39, 0.29) is 25.0 Å². The summed E-state index contributed by atoms with van der Waals surface area (Å²) >= 11 is 0. The number of nitrogens with zero attached hydrogens (tertiary/aromatic N) is 2. The first-order chi connectivity index (χ1) is 9.08. The number of ether oxygens (including phenoxy) is 1. The molecule has 19 heavy (non-hydrogen) atoms. The Hall–Kier alpha value is -1.10. The van der Waals surface area contributed by atoms with Gasteiger partial charge in [0.15, 0.2) is 0 Å². The van der Waals surface area contributed by atoms with Gasteiger partial charge in [0.1, 0.15) is 13.2 Å². The largest absolute Gasteiger partial charge is 0.362 e. The molecule has 0 N–H and O–H groups in total. The molecule has 1 atom stereocenters. The SMILES string of the molecule is CCCN(CC)C(=O)COCC(=O)N1CC[C@H](C)C1. The minimum absolute atomic E-state index is 0.00295. The Morgan fingerprint density at radius 1 is 1.32 bits per heavy atom. The van der Waals surface area contributed by atoms with Crippen molar-refractivity contribution in [2.75, 3.05) is 39.4 Å². The molecule has 0 aliphatic carbocycles. The summed E-state index contributed by atoms with van der Waals surface area (Å²) in [5.74, 6) is 0.536. The van der Waals surface area contributed by atoms with E-state index in [4.69, 9.17) is 4.74 Å². The second kappa shape index (κ2) is 8.15. The molecule has 0 aromatic rings. The van der Waals surface area contributed by atoms with Crippen molar-refractivity contribution in [1.29, 1.82) is 0 Å². The lowest BCUT2D eigenvalue weighted by molar-refractivity contribution is -0.141. The van der Waals surface area contributed by atoms with Crippen LogP contribution in [0.15, 0.2) is 0 Å². The third-order valence-corrected chi connectivity index (χ3v) is 3.46. The number of likely N-dealkylation sites (tertiary alicyclic amines) is 1. The zero-order chi connectivity index (χ0) is 14.3. The van der Waals surface area contributed by atoms with Crippen LogP contribution < -0.4 is 0 Å². The number of likely N-dealkylation sites (N-methyl/N-ethyl adjacent to an activating group) is 1. The molecule has 5 heteroatoms. The van der Waals surface area contributed by atoms with Crippen LogP contribution in [-0.4, -0.2) is 61.0 Å². The van der Waals surface area contributed by atoms with Crippen LogP contribution >= 0.6 is 0 Å². The molecule has 0 saturated carbocycles. The molecule has 1 heterocycles. The van der Waals surface area contributed by atoms with Crippen molar-refractivity contribution in [3.05, 3.63) is 0 Å². The second-order valence-corrected chi connectivity index (χ2v) is 5.20. The highest BCUT2D eigenvalue weighted by Crippen LogP contribution is 2.14. The molecular formula is C14H26N2O3. The fourth-order valence-electron chi connectivity index (χ4n) is 2.30. The molecule has 1 fully saturated rings. The van der Waals surface area contributed by atoms with E-state index in [1.54, 1.807) is 4.90 Å². The van der Waals surface area contributed by atoms with Crippen molar-refractivity contribution >= 4 is 11.8 Å². The van der Waals surface area contributed by atoms with Gasteiger partial charge in [0.05, 0.1) is 0 Å². The van der Waals surface area contributed by atoms with Crippen molar-refractivity contribution in [3.8, 4) is 0 Å². The molecule has 1 saturated heterocycles. The summed E-state index contributed by atoms with van der Waals surface area (Å²) in [6, 6.07) is 0. The number of carbonyl (C=O) groups is 2. The van der Waals surface area contributed by atoms with Gasteiger partial charge >= 0.3 is 0 Å². The number of hydrogen-bond donors (Lipinski definition) is 0. The minimum atomic E-state index is -0.0352. The summed E-state index contributed by atoms with van der Waals surface area (Å²) in [5, 5.41) is 0. The van der Waals surface area contributed by atoms with Crippen LogP contribution in [0.2, 0.25) is 0 Å². The molecule has 2 amide bonds. The summed E-state index contributed by atoms with van der Waals surface area (Å²) in [6.07, 6.45) is 1.99. The Labute approximate surface area is 115 Å². The Morgan fingerprint density at radius 3 is 2.58 bits per heavy atom. The van der Waals surface area contributed by atoms with Crippen LogP contribution in [0, 0.1) is 5.92 Å². The van der Waals surface area contributed by atoms with Gasteiger partial charge in [-0.15, -0.1) is 0 Å². The molecule has 0 unspecified atom stereocenters. The molecule has 0 aromatic heterocycles. The molecular weight excluding hydrogens is 244 g/mol. The average molecular weight is 270 g/mol. The molecule has 110 valence electrons. The highest BCUT2D eigenvalue weighted by Gasteiger charge is 2.23. The first-order valence-corrected chi connectivity index (χ1v) is 7.21. The van der Waals surface area contributed by atoms with Crippen molar-refractivity contribution in [2.45, 2.75) is 33.6 Å². The maximum absolute atomic E-state index is 11.8. The van der Waals surface area contributed by atoms with Gasteiger partial charge in [0, 0.05) is 26.2 Å². The molecule has 1 aliphatic heterocycles. The van der Waals surface area contributed by atoms with Crippen molar-refractivity contribution in [2.24, 2.45) is 5.92 Å². The molecule has 0 bridgehead atoms. The Kier molecular flexibility index (Phi) is 6.84. The summed E-state index contributed by atoms with van der Waals surface area (Å²) < 4.78 is 5.25. The summed E-state index contributed by atoms with van der Waals surface area (Å²) in [6.45, 7) is 9.21. The van der Waals surface area contributed by atoms with Crippen LogP contribution in [-0.2, 0) is 14.3 Å². The van der Waals surface area contributed by atoms with E-state index in [1.165, 1.54) is 0 Å². The van der Waals surface area contributed by atoms with E-state index in [0.29, 0.717) is 12.5 Å².